The van der Waals surface area contributed by atoms with Crippen LogP contribution < -0.4 is 5.32 Å². The summed E-state index contributed by atoms with van der Waals surface area (Å²) in [7, 11) is 0. The number of carbonyl (C=O) groups excluding carboxylic acids is 2. The number of benzene rings is 1. The lowest BCUT2D eigenvalue weighted by Gasteiger charge is -2.16. The molecule has 0 saturated carbocycles. The summed E-state index contributed by atoms with van der Waals surface area (Å²) < 4.78 is 0. The highest BCUT2D eigenvalue weighted by Crippen LogP contribution is 2.14. The molecule has 1 aromatic carbocycles. The molecule has 1 unspecified atom stereocenters. The van der Waals surface area contributed by atoms with Crippen LogP contribution in [0.4, 0.5) is 0 Å². The van der Waals surface area contributed by atoms with Gasteiger partial charge < -0.3 is 10.4 Å². The number of Topliss-reactive ketones (excluding diaryl/α,β-unsaturated/α-hetero) is 1. The summed E-state index contributed by atoms with van der Waals surface area (Å²) >= 11 is 1.38. The van der Waals surface area contributed by atoms with Crippen LogP contribution in [0.1, 0.15) is 34.1 Å². The van der Waals surface area contributed by atoms with E-state index in [2.05, 4.69) is 5.32 Å². The second kappa shape index (κ2) is 7.71. The molecule has 4 nitrogen and oxygen atoms in total. The molecule has 5 heteroatoms. The maximum atomic E-state index is 11.9. The van der Waals surface area contributed by atoms with Crippen LogP contribution in [0.25, 0.3) is 0 Å². The molecule has 2 N–H and O–H groups in total. The Morgan fingerprint density at radius 1 is 1.10 bits per heavy atom. The van der Waals surface area contributed by atoms with E-state index >= 15 is 0 Å². The van der Waals surface area contributed by atoms with Crippen molar-refractivity contribution in [3.05, 3.63) is 58.3 Å². The molecular weight excluding hydrogens is 286 g/mol. The van der Waals surface area contributed by atoms with Gasteiger partial charge >= 0.3 is 0 Å². The third kappa shape index (κ3) is 4.51. The summed E-state index contributed by atoms with van der Waals surface area (Å²) in [4.78, 5) is 24.4. The Morgan fingerprint density at radius 3 is 2.48 bits per heavy atom. The van der Waals surface area contributed by atoms with Gasteiger partial charge in [0.25, 0.3) is 0 Å². The molecule has 1 aromatic heterocycles. The number of thiophene rings is 1. The van der Waals surface area contributed by atoms with E-state index in [1.54, 1.807) is 6.07 Å². The molecule has 0 aliphatic rings. The van der Waals surface area contributed by atoms with E-state index in [1.165, 1.54) is 11.3 Å². The van der Waals surface area contributed by atoms with Gasteiger partial charge in [-0.1, -0.05) is 36.4 Å². The van der Waals surface area contributed by atoms with Gasteiger partial charge in [-0.3, -0.25) is 9.59 Å². The third-order valence-corrected chi connectivity index (χ3v) is 4.01. The predicted octanol–water partition coefficient (Wildman–Crippen LogP) is 2.56. The SMILES string of the molecule is O=C(CCC(=O)c1cccs1)NC(CO)c1ccccc1. The minimum Gasteiger partial charge on any atom is -0.394 e. The van der Waals surface area contributed by atoms with Crippen molar-refractivity contribution in [2.75, 3.05) is 6.61 Å². The fourth-order valence-corrected chi connectivity index (χ4v) is 2.67. The first kappa shape index (κ1) is 15.4. The molecule has 110 valence electrons. The summed E-state index contributed by atoms with van der Waals surface area (Å²) in [6.45, 7) is -0.172. The van der Waals surface area contributed by atoms with Gasteiger partial charge in [-0.25, -0.2) is 0 Å². The lowest BCUT2D eigenvalue weighted by Crippen LogP contribution is -2.30. The Bertz CT molecular complexity index is 581. The molecule has 1 heterocycles. The molecule has 2 aromatic rings. The molecule has 1 atom stereocenters. The van der Waals surface area contributed by atoms with Gasteiger partial charge in [-0.15, -0.1) is 11.3 Å². The Morgan fingerprint density at radius 2 is 1.86 bits per heavy atom. The molecule has 0 fully saturated rings. The number of ketones is 1. The predicted molar refractivity (Wildman–Crippen MR) is 82.3 cm³/mol. The normalized spacial score (nSPS) is 11.9. The van der Waals surface area contributed by atoms with E-state index < -0.39 is 6.04 Å². The van der Waals surface area contributed by atoms with Crippen molar-refractivity contribution >= 4 is 23.0 Å². The summed E-state index contributed by atoms with van der Waals surface area (Å²) in [6.07, 6.45) is 0.305. The average Bonchev–Trinajstić information content (AvgIpc) is 3.05. The zero-order valence-corrected chi connectivity index (χ0v) is 12.3. The molecular formula is C16H17NO3S. The molecule has 0 saturated heterocycles. The number of carbonyl (C=O) groups is 2. The lowest BCUT2D eigenvalue weighted by atomic mass is 10.1. The van der Waals surface area contributed by atoms with Crippen LogP contribution in [0.15, 0.2) is 47.8 Å². The van der Waals surface area contributed by atoms with E-state index in [4.69, 9.17) is 0 Å². The van der Waals surface area contributed by atoms with Gasteiger partial charge in [0.1, 0.15) is 0 Å². The number of aliphatic hydroxyl groups excluding tert-OH is 1. The van der Waals surface area contributed by atoms with E-state index in [9.17, 15) is 14.7 Å². The Balaban J connectivity index is 1.85. The number of rotatable bonds is 7. The molecule has 0 aliphatic carbocycles. The number of hydrogen-bond donors (Lipinski definition) is 2. The highest BCUT2D eigenvalue weighted by Gasteiger charge is 2.15. The van der Waals surface area contributed by atoms with Gasteiger partial charge in [-0.2, -0.15) is 0 Å². The van der Waals surface area contributed by atoms with Gasteiger partial charge in [0.2, 0.25) is 5.91 Å². The maximum absolute atomic E-state index is 11.9. The number of aliphatic hydroxyl groups is 1. The van der Waals surface area contributed by atoms with Crippen LogP contribution in [-0.4, -0.2) is 23.4 Å². The third-order valence-electron chi connectivity index (χ3n) is 3.09. The number of hydrogen-bond acceptors (Lipinski definition) is 4. The van der Waals surface area contributed by atoms with Crippen molar-refractivity contribution in [2.45, 2.75) is 18.9 Å². The van der Waals surface area contributed by atoms with Crippen molar-refractivity contribution in [3.8, 4) is 0 Å². The summed E-state index contributed by atoms with van der Waals surface area (Å²) in [5.41, 5.74) is 0.845. The van der Waals surface area contributed by atoms with E-state index in [0.29, 0.717) is 4.88 Å². The first-order valence-corrected chi connectivity index (χ1v) is 7.60. The summed E-state index contributed by atoms with van der Waals surface area (Å²) in [5.74, 6) is -0.261. The summed E-state index contributed by atoms with van der Waals surface area (Å²) in [6, 6.07) is 12.4. The van der Waals surface area contributed by atoms with Crippen molar-refractivity contribution in [1.29, 1.82) is 0 Å². The van der Waals surface area contributed by atoms with Crippen LogP contribution in [0.3, 0.4) is 0 Å². The quantitative estimate of drug-likeness (QED) is 0.773. The fourth-order valence-electron chi connectivity index (χ4n) is 1.97. The van der Waals surface area contributed by atoms with Crippen LogP contribution in [0, 0.1) is 0 Å². The van der Waals surface area contributed by atoms with E-state index in [0.717, 1.165) is 5.56 Å². The highest BCUT2D eigenvalue weighted by atomic mass is 32.1. The molecule has 21 heavy (non-hydrogen) atoms. The average molecular weight is 303 g/mol. The molecule has 0 radical (unpaired) electrons. The first-order valence-electron chi connectivity index (χ1n) is 6.72. The zero-order valence-electron chi connectivity index (χ0n) is 11.5. The largest absolute Gasteiger partial charge is 0.394 e. The van der Waals surface area contributed by atoms with Crippen molar-refractivity contribution in [2.24, 2.45) is 0 Å². The van der Waals surface area contributed by atoms with Crippen LogP contribution >= 0.6 is 11.3 Å². The molecule has 0 bridgehead atoms. The fraction of sp³-hybridized carbons (Fsp3) is 0.250. The van der Waals surface area contributed by atoms with Gasteiger partial charge in [-0.05, 0) is 17.0 Å². The second-order valence-corrected chi connectivity index (χ2v) is 5.56. The van der Waals surface area contributed by atoms with Crippen LogP contribution in [0.5, 0.6) is 0 Å². The molecule has 1 amide bonds. The Hall–Kier alpha value is -1.98. The minimum absolute atomic E-state index is 0.0274. The van der Waals surface area contributed by atoms with E-state index in [1.807, 2.05) is 41.8 Å². The van der Waals surface area contributed by atoms with Crippen molar-refractivity contribution < 1.29 is 14.7 Å². The van der Waals surface area contributed by atoms with Crippen molar-refractivity contribution in [1.82, 2.24) is 5.32 Å². The van der Waals surface area contributed by atoms with Crippen LogP contribution in [-0.2, 0) is 4.79 Å². The maximum Gasteiger partial charge on any atom is 0.221 e. The molecule has 0 spiro atoms. The minimum atomic E-state index is -0.435. The van der Waals surface area contributed by atoms with Crippen LogP contribution in [0.2, 0.25) is 0 Å². The Labute approximate surface area is 127 Å². The van der Waals surface area contributed by atoms with Gasteiger partial charge in [0.15, 0.2) is 5.78 Å². The highest BCUT2D eigenvalue weighted by molar-refractivity contribution is 7.12. The molecule has 0 aliphatic heterocycles. The number of amides is 1. The molecule has 2 rings (SSSR count). The van der Waals surface area contributed by atoms with Crippen molar-refractivity contribution in [3.63, 3.8) is 0 Å². The lowest BCUT2D eigenvalue weighted by molar-refractivity contribution is -0.122. The zero-order chi connectivity index (χ0) is 15.1. The van der Waals surface area contributed by atoms with Gasteiger partial charge in [0, 0.05) is 12.8 Å². The summed E-state index contributed by atoms with van der Waals surface area (Å²) in [5, 5.41) is 14.0. The van der Waals surface area contributed by atoms with Gasteiger partial charge in [0.05, 0.1) is 17.5 Å². The smallest absolute Gasteiger partial charge is 0.221 e. The monoisotopic (exact) mass is 303 g/mol. The second-order valence-electron chi connectivity index (χ2n) is 4.61. The topological polar surface area (TPSA) is 66.4 Å². The number of nitrogens with one attached hydrogen (secondary N) is 1. The standard InChI is InChI=1S/C16H17NO3S/c18-11-13(12-5-2-1-3-6-12)17-16(20)9-8-14(19)15-7-4-10-21-15/h1-7,10,13,18H,8-9,11H2,(H,17,20). The first-order chi connectivity index (χ1) is 10.2. The Kier molecular flexibility index (Phi) is 5.66. The van der Waals surface area contributed by atoms with E-state index in [-0.39, 0.29) is 31.1 Å².